The summed E-state index contributed by atoms with van der Waals surface area (Å²) in [5, 5.41) is 11.2. The molecule has 0 aliphatic heterocycles. The van der Waals surface area contributed by atoms with Gasteiger partial charge in [-0.3, -0.25) is 9.52 Å². The minimum absolute atomic E-state index is 0.187. The van der Waals surface area contributed by atoms with Crippen molar-refractivity contribution in [2.75, 3.05) is 18.1 Å². The summed E-state index contributed by atoms with van der Waals surface area (Å²) in [6.45, 7) is 2.06. The van der Waals surface area contributed by atoms with Crippen molar-refractivity contribution < 1.29 is 23.1 Å². The number of methoxy groups -OCH3 is 1. The Kier molecular flexibility index (Phi) is 6.58. The lowest BCUT2D eigenvalue weighted by atomic mass is 9.77. The maximum absolute atomic E-state index is 12.8. The van der Waals surface area contributed by atoms with Crippen LogP contribution in [0.25, 0.3) is 22.0 Å². The Balaban J connectivity index is 1.79. The summed E-state index contributed by atoms with van der Waals surface area (Å²) in [6, 6.07) is 22.4. The highest BCUT2D eigenvalue weighted by atomic mass is 32.2. The molecule has 0 radical (unpaired) electrons. The number of fused-ring (bicyclic) bond motifs is 1. The van der Waals surface area contributed by atoms with E-state index >= 15 is 0 Å². The van der Waals surface area contributed by atoms with Crippen LogP contribution in [0.5, 0.6) is 5.75 Å². The third-order valence-electron chi connectivity index (χ3n) is 6.38. The first kappa shape index (κ1) is 24.3. The Morgan fingerprint density at radius 2 is 1.71 bits per heavy atom. The van der Waals surface area contributed by atoms with E-state index in [2.05, 4.69) is 4.72 Å². The number of carbonyl (C=O) groups is 1. The zero-order valence-corrected chi connectivity index (χ0v) is 20.7. The molecule has 0 bridgehead atoms. The number of benzene rings is 3. The molecule has 4 aromatic rings. The molecule has 0 amide bonds. The van der Waals surface area contributed by atoms with Crippen molar-refractivity contribution in [1.82, 2.24) is 4.57 Å². The first-order valence-corrected chi connectivity index (χ1v) is 13.1. The quantitative estimate of drug-likeness (QED) is 0.338. The van der Waals surface area contributed by atoms with Gasteiger partial charge in [0.15, 0.2) is 0 Å². The number of rotatable bonds is 9. The van der Waals surface area contributed by atoms with Crippen LogP contribution in [-0.4, -0.2) is 37.4 Å². The molecule has 3 aromatic carbocycles. The van der Waals surface area contributed by atoms with Crippen molar-refractivity contribution in [3.05, 3.63) is 84.6 Å². The van der Waals surface area contributed by atoms with Crippen molar-refractivity contribution in [2.24, 2.45) is 0 Å². The van der Waals surface area contributed by atoms with E-state index in [1.165, 1.54) is 0 Å². The van der Waals surface area contributed by atoms with Crippen molar-refractivity contribution in [1.29, 1.82) is 0 Å². The number of carboxylic acids is 1. The maximum Gasteiger partial charge on any atom is 0.315 e. The number of hydrogen-bond acceptors (Lipinski definition) is 4. The number of aliphatic carboxylic acids is 1. The van der Waals surface area contributed by atoms with Crippen LogP contribution in [0.4, 0.5) is 5.69 Å². The minimum Gasteiger partial charge on any atom is -0.497 e. The first-order chi connectivity index (χ1) is 16.7. The fraction of sp³-hybridized carbons (Fsp3) is 0.222. The smallest absolute Gasteiger partial charge is 0.315 e. The number of aromatic nitrogens is 1. The summed E-state index contributed by atoms with van der Waals surface area (Å²) in [4.78, 5) is 12.8. The predicted octanol–water partition coefficient (Wildman–Crippen LogP) is 5.12. The predicted molar refractivity (Wildman–Crippen MR) is 138 cm³/mol. The van der Waals surface area contributed by atoms with Crippen LogP contribution in [0.3, 0.4) is 0 Å². The molecule has 0 saturated carbocycles. The second kappa shape index (κ2) is 9.46. The summed E-state index contributed by atoms with van der Waals surface area (Å²) in [6.07, 6.45) is 3.27. The van der Waals surface area contributed by atoms with Gasteiger partial charge in [0, 0.05) is 18.1 Å². The Morgan fingerprint density at radius 1 is 1.03 bits per heavy atom. The molecule has 1 unspecified atom stereocenters. The molecule has 0 aliphatic rings. The number of hydrogen-bond donors (Lipinski definition) is 2. The largest absolute Gasteiger partial charge is 0.497 e. The zero-order valence-electron chi connectivity index (χ0n) is 19.9. The van der Waals surface area contributed by atoms with Crippen molar-refractivity contribution in [3.8, 4) is 16.9 Å². The molecule has 7 nitrogen and oxygen atoms in total. The van der Waals surface area contributed by atoms with Gasteiger partial charge in [-0.25, -0.2) is 8.42 Å². The fourth-order valence-corrected chi connectivity index (χ4v) is 5.07. The molecule has 0 spiro atoms. The highest BCUT2D eigenvalue weighted by Crippen LogP contribution is 2.36. The van der Waals surface area contributed by atoms with Gasteiger partial charge in [0.05, 0.1) is 24.6 Å². The highest BCUT2D eigenvalue weighted by molar-refractivity contribution is 7.92. The van der Waals surface area contributed by atoms with Gasteiger partial charge in [-0.1, -0.05) is 43.3 Å². The summed E-state index contributed by atoms with van der Waals surface area (Å²) in [5.74, 6) is -0.194. The van der Waals surface area contributed by atoms with Crippen molar-refractivity contribution in [2.45, 2.75) is 25.3 Å². The van der Waals surface area contributed by atoms with Gasteiger partial charge in [0.25, 0.3) is 0 Å². The minimum atomic E-state index is -3.45. The third-order valence-corrected chi connectivity index (χ3v) is 6.97. The lowest BCUT2D eigenvalue weighted by Crippen LogP contribution is -2.39. The molecule has 1 atom stereocenters. The summed E-state index contributed by atoms with van der Waals surface area (Å²) >= 11 is 0. The number of nitrogens with one attached hydrogen (secondary N) is 1. The molecule has 1 heterocycles. The van der Waals surface area contributed by atoms with E-state index in [0.29, 0.717) is 23.1 Å². The molecule has 2 N–H and O–H groups in total. The Labute approximate surface area is 205 Å². The van der Waals surface area contributed by atoms with Crippen LogP contribution >= 0.6 is 0 Å². The lowest BCUT2D eigenvalue weighted by molar-refractivity contribution is -0.144. The molecular formula is C27H28N2O5S. The number of ether oxygens (including phenoxy) is 1. The average Bonchev–Trinajstić information content (AvgIpc) is 3.25. The van der Waals surface area contributed by atoms with Crippen LogP contribution < -0.4 is 9.46 Å². The SMILES string of the molecule is CCC(Cn1ccc2c(NS(C)(=O)=O)cccc21)(C(=O)O)c1cccc(-c2cccc(OC)c2)c1. The van der Waals surface area contributed by atoms with E-state index in [1.807, 2.05) is 66.1 Å². The lowest BCUT2D eigenvalue weighted by Gasteiger charge is -2.30. The van der Waals surface area contributed by atoms with E-state index in [-0.39, 0.29) is 6.54 Å². The van der Waals surface area contributed by atoms with Crippen molar-refractivity contribution in [3.63, 3.8) is 0 Å². The number of nitrogens with zero attached hydrogens (tertiary/aromatic N) is 1. The molecule has 0 aliphatic carbocycles. The van der Waals surface area contributed by atoms with E-state index in [9.17, 15) is 18.3 Å². The highest BCUT2D eigenvalue weighted by Gasteiger charge is 2.39. The van der Waals surface area contributed by atoms with Gasteiger partial charge < -0.3 is 14.4 Å². The first-order valence-electron chi connectivity index (χ1n) is 11.2. The monoisotopic (exact) mass is 492 g/mol. The van der Waals surface area contributed by atoms with Gasteiger partial charge in [-0.15, -0.1) is 0 Å². The Morgan fingerprint density at radius 3 is 2.37 bits per heavy atom. The molecule has 0 saturated heterocycles. The molecule has 182 valence electrons. The zero-order chi connectivity index (χ0) is 25.2. The van der Waals surface area contributed by atoms with Crippen LogP contribution in [0.15, 0.2) is 79.0 Å². The molecule has 4 rings (SSSR count). The number of carboxylic acid groups (broad SMARTS) is 1. The van der Waals surface area contributed by atoms with Gasteiger partial charge in [0.2, 0.25) is 10.0 Å². The average molecular weight is 493 g/mol. The fourth-order valence-electron chi connectivity index (χ4n) is 4.49. The van der Waals surface area contributed by atoms with E-state index in [1.54, 1.807) is 31.5 Å². The molecular weight excluding hydrogens is 464 g/mol. The second-order valence-electron chi connectivity index (χ2n) is 8.61. The van der Waals surface area contributed by atoms with Gasteiger partial charge in [0.1, 0.15) is 11.2 Å². The summed E-state index contributed by atoms with van der Waals surface area (Å²) in [7, 11) is -1.84. The van der Waals surface area contributed by atoms with Crippen LogP contribution in [0.1, 0.15) is 18.9 Å². The van der Waals surface area contributed by atoms with Crippen molar-refractivity contribution >= 4 is 32.6 Å². The number of sulfonamides is 1. The summed E-state index contributed by atoms with van der Waals surface area (Å²) < 4.78 is 33.3. The topological polar surface area (TPSA) is 97.6 Å². The maximum atomic E-state index is 12.8. The van der Waals surface area contributed by atoms with Gasteiger partial charge in [-0.05, 0) is 59.5 Å². The standard InChI is InChI=1S/C27H28N2O5S/c1-4-27(26(30)31,21-10-5-8-19(16-21)20-9-6-11-22(17-20)34-2)18-29-15-14-23-24(28-35(3,32)33)12-7-13-25(23)29/h5-17,28H,4,18H2,1-3H3,(H,30,31). The van der Waals surface area contributed by atoms with Crippen LogP contribution in [0.2, 0.25) is 0 Å². The van der Waals surface area contributed by atoms with Crippen LogP contribution in [0, 0.1) is 0 Å². The third kappa shape index (κ3) is 4.88. The molecule has 35 heavy (non-hydrogen) atoms. The molecule has 1 aromatic heterocycles. The van der Waals surface area contributed by atoms with E-state index < -0.39 is 21.4 Å². The van der Waals surface area contributed by atoms with Gasteiger partial charge >= 0.3 is 5.97 Å². The van der Waals surface area contributed by atoms with E-state index in [0.717, 1.165) is 28.6 Å². The summed E-state index contributed by atoms with van der Waals surface area (Å²) in [5.41, 5.74) is 2.55. The van der Waals surface area contributed by atoms with Gasteiger partial charge in [-0.2, -0.15) is 0 Å². The molecule has 8 heteroatoms. The normalized spacial score (nSPS) is 13.3. The second-order valence-corrected chi connectivity index (χ2v) is 10.4. The van der Waals surface area contributed by atoms with E-state index in [4.69, 9.17) is 4.74 Å². The molecule has 0 fully saturated rings. The Bertz CT molecular complexity index is 1490. The number of anilines is 1. The Hall–Kier alpha value is -3.78. The van der Waals surface area contributed by atoms with Crippen LogP contribution in [-0.2, 0) is 26.8 Å².